The lowest BCUT2D eigenvalue weighted by atomic mass is 9.87. The van der Waals surface area contributed by atoms with Gasteiger partial charge < -0.3 is 9.26 Å². The van der Waals surface area contributed by atoms with Crippen molar-refractivity contribution in [2.24, 2.45) is 0 Å². The summed E-state index contributed by atoms with van der Waals surface area (Å²) in [5.74, 6) is 0. The van der Waals surface area contributed by atoms with E-state index in [2.05, 4.69) is 136 Å². The molecule has 0 unspecified atom stereocenters. The van der Waals surface area contributed by atoms with Crippen LogP contribution in [0, 0.1) is 0 Å². The van der Waals surface area contributed by atoms with Crippen molar-refractivity contribution in [1.29, 1.82) is 0 Å². The van der Waals surface area contributed by atoms with Crippen LogP contribution in [0.25, 0.3) is 0 Å². The molecular formula is C32H35O2PS. The lowest BCUT2D eigenvalue weighted by molar-refractivity contribution is 0.0897. The second-order valence-electron chi connectivity index (χ2n) is 9.79. The predicted molar refractivity (Wildman–Crippen MR) is 156 cm³/mol. The molecule has 0 heterocycles. The van der Waals surface area contributed by atoms with E-state index in [4.69, 9.17) is 9.26 Å². The Morgan fingerprint density at radius 1 is 0.694 bits per heavy atom. The van der Waals surface area contributed by atoms with Gasteiger partial charge in [-0.2, -0.15) is 0 Å². The summed E-state index contributed by atoms with van der Waals surface area (Å²) >= 11 is 1.85. The van der Waals surface area contributed by atoms with Crippen molar-refractivity contribution in [2.45, 2.75) is 42.4 Å². The number of hydrogen-bond donors (Lipinski definition) is 0. The molecule has 0 saturated carbocycles. The van der Waals surface area contributed by atoms with Gasteiger partial charge in [-0.05, 0) is 28.7 Å². The molecule has 2 atom stereocenters. The third kappa shape index (κ3) is 7.08. The van der Waals surface area contributed by atoms with Crippen LogP contribution in [0.15, 0.2) is 120 Å². The second kappa shape index (κ2) is 12.7. The van der Waals surface area contributed by atoms with Crippen LogP contribution in [0.5, 0.6) is 0 Å². The van der Waals surface area contributed by atoms with Crippen molar-refractivity contribution in [3.05, 3.63) is 126 Å². The maximum atomic E-state index is 7.05. The van der Waals surface area contributed by atoms with Gasteiger partial charge in [-0.3, -0.25) is 0 Å². The first kappa shape index (κ1) is 26.6. The van der Waals surface area contributed by atoms with Gasteiger partial charge in [0.15, 0.2) is 0 Å². The van der Waals surface area contributed by atoms with E-state index in [0.717, 1.165) is 0 Å². The molecule has 0 saturated heterocycles. The highest BCUT2D eigenvalue weighted by Crippen LogP contribution is 2.45. The molecule has 4 aromatic rings. The molecule has 0 amide bonds. The van der Waals surface area contributed by atoms with E-state index in [9.17, 15) is 0 Å². The zero-order valence-electron chi connectivity index (χ0n) is 21.5. The topological polar surface area (TPSA) is 18.5 Å². The molecule has 4 aromatic carbocycles. The van der Waals surface area contributed by atoms with Crippen molar-refractivity contribution < 1.29 is 9.26 Å². The first-order chi connectivity index (χ1) is 17.5. The van der Waals surface area contributed by atoms with E-state index in [1.165, 1.54) is 26.6 Å². The Morgan fingerprint density at radius 3 is 1.67 bits per heavy atom. The second-order valence-corrected chi connectivity index (χ2v) is 12.8. The number of ether oxygens (including phenoxy) is 1. The Kier molecular flexibility index (Phi) is 9.40. The van der Waals surface area contributed by atoms with Crippen molar-refractivity contribution in [3.8, 4) is 0 Å². The standard InChI is InChI=1S/C32H35O2PS/c1-32(2,3)26-20-22-29(23-21-26)36-31(25-14-8-5-9-15-25)30(24-33-4)34-35(27-16-10-6-11-17-27)28-18-12-7-13-19-28/h5-23,30-31H,24H2,1-4H3/t30-,31+/m0/s1. The highest BCUT2D eigenvalue weighted by atomic mass is 32.2. The van der Waals surface area contributed by atoms with Gasteiger partial charge in [-0.15, -0.1) is 11.8 Å². The molecule has 36 heavy (non-hydrogen) atoms. The minimum Gasteiger partial charge on any atom is -0.382 e. The molecular weight excluding hydrogens is 479 g/mol. The maximum Gasteiger partial charge on any atom is 0.102 e. The molecule has 0 aliphatic rings. The van der Waals surface area contributed by atoms with E-state index >= 15 is 0 Å². The van der Waals surface area contributed by atoms with Gasteiger partial charge in [0.2, 0.25) is 0 Å². The fraction of sp³-hybridized carbons (Fsp3) is 0.250. The van der Waals surface area contributed by atoms with Crippen LogP contribution in [0.4, 0.5) is 0 Å². The molecule has 0 aliphatic carbocycles. The van der Waals surface area contributed by atoms with Crippen LogP contribution in [0.3, 0.4) is 0 Å². The highest BCUT2D eigenvalue weighted by Gasteiger charge is 2.30. The molecule has 0 spiro atoms. The van der Waals surface area contributed by atoms with Gasteiger partial charge in [0.25, 0.3) is 0 Å². The Balaban J connectivity index is 1.69. The van der Waals surface area contributed by atoms with Crippen LogP contribution in [0.1, 0.15) is 37.1 Å². The minimum absolute atomic E-state index is 0.0732. The van der Waals surface area contributed by atoms with E-state index < -0.39 is 8.15 Å². The quantitative estimate of drug-likeness (QED) is 0.158. The molecule has 0 radical (unpaired) electrons. The third-order valence-corrected chi connectivity index (χ3v) is 9.39. The summed E-state index contributed by atoms with van der Waals surface area (Å²) in [6.07, 6.45) is -0.142. The maximum absolute atomic E-state index is 7.05. The largest absolute Gasteiger partial charge is 0.382 e. The predicted octanol–water partition coefficient (Wildman–Crippen LogP) is 7.90. The first-order valence-electron chi connectivity index (χ1n) is 12.3. The summed E-state index contributed by atoms with van der Waals surface area (Å²) in [4.78, 5) is 1.23. The Bertz CT molecular complexity index is 1140. The third-order valence-electron chi connectivity index (χ3n) is 6.00. The van der Waals surface area contributed by atoms with Gasteiger partial charge in [0.05, 0.1) is 20.0 Å². The monoisotopic (exact) mass is 514 g/mol. The average molecular weight is 515 g/mol. The summed E-state index contributed by atoms with van der Waals surface area (Å²) in [5, 5.41) is 2.47. The van der Waals surface area contributed by atoms with Crippen molar-refractivity contribution in [2.75, 3.05) is 13.7 Å². The van der Waals surface area contributed by atoms with Crippen LogP contribution < -0.4 is 10.6 Å². The lowest BCUT2D eigenvalue weighted by Gasteiger charge is -2.31. The molecule has 0 N–H and O–H groups in total. The Morgan fingerprint density at radius 2 is 1.19 bits per heavy atom. The molecule has 4 heteroatoms. The molecule has 2 nitrogen and oxygen atoms in total. The van der Waals surface area contributed by atoms with E-state index in [-0.39, 0.29) is 16.8 Å². The SMILES string of the molecule is COC[C@H](OP(c1ccccc1)c1ccccc1)[C@H](Sc1ccc(C(C)(C)C)cc1)c1ccccc1. The van der Waals surface area contributed by atoms with Crippen LogP contribution >= 0.6 is 19.9 Å². The van der Waals surface area contributed by atoms with Gasteiger partial charge in [-0.1, -0.05) is 124 Å². The molecule has 4 rings (SSSR count). The van der Waals surface area contributed by atoms with Gasteiger partial charge >= 0.3 is 0 Å². The van der Waals surface area contributed by atoms with E-state index in [0.29, 0.717) is 6.61 Å². The first-order valence-corrected chi connectivity index (χ1v) is 14.5. The summed E-state index contributed by atoms with van der Waals surface area (Å²) < 4.78 is 12.8. The highest BCUT2D eigenvalue weighted by molar-refractivity contribution is 7.99. The number of methoxy groups -OCH3 is 1. The van der Waals surface area contributed by atoms with E-state index in [1.54, 1.807) is 7.11 Å². The van der Waals surface area contributed by atoms with Gasteiger partial charge in [0.1, 0.15) is 6.10 Å². The van der Waals surface area contributed by atoms with E-state index in [1.807, 2.05) is 11.8 Å². The number of thioether (sulfide) groups is 1. The van der Waals surface area contributed by atoms with Crippen molar-refractivity contribution >= 4 is 30.5 Å². The summed E-state index contributed by atoms with van der Waals surface area (Å²) in [6, 6.07) is 40.7. The van der Waals surface area contributed by atoms with Gasteiger partial charge in [-0.25, -0.2) is 0 Å². The summed E-state index contributed by atoms with van der Waals surface area (Å²) in [5.41, 5.74) is 2.70. The molecule has 0 aliphatic heterocycles. The van der Waals surface area contributed by atoms with Crippen LogP contribution in [-0.4, -0.2) is 19.8 Å². The minimum atomic E-state index is -1.01. The van der Waals surface area contributed by atoms with Gasteiger partial charge in [0, 0.05) is 22.6 Å². The average Bonchev–Trinajstić information content (AvgIpc) is 2.91. The summed E-state index contributed by atoms with van der Waals surface area (Å²) in [6.45, 7) is 7.25. The normalized spacial score (nSPS) is 13.5. The van der Waals surface area contributed by atoms with Crippen molar-refractivity contribution in [1.82, 2.24) is 0 Å². The Labute approximate surface area is 221 Å². The zero-order chi connectivity index (χ0) is 25.4. The van der Waals surface area contributed by atoms with Crippen LogP contribution in [-0.2, 0) is 14.7 Å². The summed E-state index contributed by atoms with van der Waals surface area (Å²) in [7, 11) is 0.745. The Hall–Kier alpha value is -2.42. The fourth-order valence-corrected chi connectivity index (χ4v) is 7.18. The molecule has 186 valence electrons. The number of benzene rings is 4. The van der Waals surface area contributed by atoms with Crippen LogP contribution in [0.2, 0.25) is 0 Å². The lowest BCUT2D eigenvalue weighted by Crippen LogP contribution is -2.28. The fourth-order valence-electron chi connectivity index (χ4n) is 4.05. The molecule has 0 bridgehead atoms. The zero-order valence-corrected chi connectivity index (χ0v) is 23.2. The molecule has 0 aromatic heterocycles. The smallest absolute Gasteiger partial charge is 0.102 e. The number of hydrogen-bond acceptors (Lipinski definition) is 3. The molecule has 0 fully saturated rings. The number of rotatable bonds is 10. The van der Waals surface area contributed by atoms with Crippen molar-refractivity contribution in [3.63, 3.8) is 0 Å².